The lowest BCUT2D eigenvalue weighted by Gasteiger charge is -2.15. The van der Waals surface area contributed by atoms with E-state index in [1.807, 2.05) is 6.07 Å². The monoisotopic (exact) mass is 596 g/mol. The van der Waals surface area contributed by atoms with Crippen molar-refractivity contribution in [2.45, 2.75) is 0 Å². The zero-order chi connectivity index (χ0) is 30.9. The third kappa shape index (κ3) is 4.10. The molecule has 0 saturated heterocycles. The maximum absolute atomic E-state index is 6.26. The number of furan rings is 1. The van der Waals surface area contributed by atoms with Crippen molar-refractivity contribution >= 4 is 65.0 Å². The van der Waals surface area contributed by atoms with E-state index >= 15 is 0 Å². The van der Waals surface area contributed by atoms with Crippen LogP contribution in [0, 0.1) is 0 Å². The predicted octanol–water partition coefficient (Wildman–Crippen LogP) is 13.2. The smallest absolute Gasteiger partial charge is 0.136 e. The lowest BCUT2D eigenvalue weighted by Crippen LogP contribution is -1.88. The van der Waals surface area contributed by atoms with Crippen LogP contribution in [-0.4, -0.2) is 0 Å². The topological polar surface area (TPSA) is 13.1 Å². The molecule has 1 aromatic heterocycles. The van der Waals surface area contributed by atoms with Crippen LogP contribution in [0.15, 0.2) is 174 Å². The summed E-state index contributed by atoms with van der Waals surface area (Å²) in [5.74, 6) is 0. The van der Waals surface area contributed by atoms with E-state index in [1.54, 1.807) is 0 Å². The first-order chi connectivity index (χ1) is 23.3. The van der Waals surface area contributed by atoms with Crippen LogP contribution in [0.2, 0.25) is 0 Å². The van der Waals surface area contributed by atoms with Gasteiger partial charge in [-0.2, -0.15) is 0 Å². The van der Waals surface area contributed by atoms with Crippen molar-refractivity contribution in [3.63, 3.8) is 0 Å². The molecule has 0 aliphatic rings. The van der Waals surface area contributed by atoms with E-state index in [0.717, 1.165) is 16.6 Å². The lowest BCUT2D eigenvalue weighted by molar-refractivity contribution is 0.669. The molecule has 0 N–H and O–H groups in total. The van der Waals surface area contributed by atoms with Crippen LogP contribution < -0.4 is 0 Å². The molecule has 47 heavy (non-hydrogen) atoms. The first kappa shape index (κ1) is 26.1. The Balaban J connectivity index is 1.22. The molecule has 218 valence electrons. The second-order valence-corrected chi connectivity index (χ2v) is 12.5. The van der Waals surface area contributed by atoms with Crippen LogP contribution in [-0.2, 0) is 0 Å². The molecule has 10 rings (SSSR count). The number of benzene rings is 9. The summed E-state index contributed by atoms with van der Waals surface area (Å²) in [5.41, 5.74) is 9.07. The van der Waals surface area contributed by atoms with Gasteiger partial charge in [-0.1, -0.05) is 133 Å². The molecular formula is C46H28O. The third-order valence-electron chi connectivity index (χ3n) is 9.83. The van der Waals surface area contributed by atoms with Crippen molar-refractivity contribution in [1.29, 1.82) is 0 Å². The minimum atomic E-state index is 0.922. The molecule has 9 aromatic carbocycles. The molecule has 0 atom stereocenters. The van der Waals surface area contributed by atoms with Crippen molar-refractivity contribution in [3.05, 3.63) is 170 Å². The van der Waals surface area contributed by atoms with Gasteiger partial charge in [0.25, 0.3) is 0 Å². The van der Waals surface area contributed by atoms with E-state index in [4.69, 9.17) is 4.42 Å². The molecule has 10 aromatic rings. The summed E-state index contributed by atoms with van der Waals surface area (Å²) in [6, 6.07) is 61.8. The van der Waals surface area contributed by atoms with Crippen molar-refractivity contribution in [3.8, 4) is 33.4 Å². The second kappa shape index (κ2) is 10.2. The Bertz CT molecular complexity index is 2840. The number of hydrogen-bond donors (Lipinski definition) is 0. The van der Waals surface area contributed by atoms with Crippen LogP contribution in [0.5, 0.6) is 0 Å². The fourth-order valence-corrected chi connectivity index (χ4v) is 7.58. The highest BCUT2D eigenvalue weighted by atomic mass is 16.3. The molecule has 1 heterocycles. The van der Waals surface area contributed by atoms with Crippen LogP contribution >= 0.6 is 0 Å². The number of rotatable bonds is 3. The van der Waals surface area contributed by atoms with Gasteiger partial charge < -0.3 is 4.42 Å². The average Bonchev–Trinajstić information content (AvgIpc) is 3.53. The van der Waals surface area contributed by atoms with Gasteiger partial charge in [0.15, 0.2) is 0 Å². The Labute approximate surface area is 271 Å². The van der Waals surface area contributed by atoms with Crippen molar-refractivity contribution < 1.29 is 4.42 Å². The normalized spacial score (nSPS) is 11.8. The third-order valence-corrected chi connectivity index (χ3v) is 9.83. The molecule has 0 fully saturated rings. The highest BCUT2D eigenvalue weighted by molar-refractivity contribution is 6.20. The predicted molar refractivity (Wildman–Crippen MR) is 200 cm³/mol. The van der Waals surface area contributed by atoms with E-state index in [0.29, 0.717) is 0 Å². The molecule has 0 amide bonds. The van der Waals surface area contributed by atoms with Crippen LogP contribution in [0.1, 0.15) is 0 Å². The summed E-state index contributed by atoms with van der Waals surface area (Å²) in [7, 11) is 0. The Morgan fingerprint density at radius 2 is 0.894 bits per heavy atom. The second-order valence-electron chi connectivity index (χ2n) is 12.5. The summed E-state index contributed by atoms with van der Waals surface area (Å²) < 4.78 is 6.26. The number of para-hydroxylation sites is 1. The Hall–Kier alpha value is -6.18. The van der Waals surface area contributed by atoms with Gasteiger partial charge in [0, 0.05) is 10.8 Å². The van der Waals surface area contributed by atoms with E-state index in [-0.39, 0.29) is 0 Å². The molecule has 1 nitrogen and oxygen atoms in total. The maximum atomic E-state index is 6.26. The molecule has 0 aliphatic carbocycles. The fourth-order valence-electron chi connectivity index (χ4n) is 7.58. The SMILES string of the molecule is c1ccc(-c2cc(-c3ccc4ccc5oc6ccccc6c5c4c3)cc(-c3cccc4c3ccc3c5ccccc5ccc43)c2)cc1. The number of fused-ring (bicyclic) bond motifs is 10. The van der Waals surface area contributed by atoms with Crippen LogP contribution in [0.3, 0.4) is 0 Å². The minimum absolute atomic E-state index is 0.922. The van der Waals surface area contributed by atoms with E-state index in [1.165, 1.54) is 81.9 Å². The van der Waals surface area contributed by atoms with Crippen molar-refractivity contribution in [1.82, 2.24) is 0 Å². The van der Waals surface area contributed by atoms with E-state index < -0.39 is 0 Å². The summed E-state index contributed by atoms with van der Waals surface area (Å²) in [4.78, 5) is 0. The summed E-state index contributed by atoms with van der Waals surface area (Å²) in [6.45, 7) is 0. The lowest BCUT2D eigenvalue weighted by atomic mass is 9.89. The summed E-state index contributed by atoms with van der Waals surface area (Å²) in [5, 5.41) is 12.4. The quantitative estimate of drug-likeness (QED) is 0.185. The Kier molecular flexibility index (Phi) is 5.64. The molecule has 0 aliphatic heterocycles. The number of hydrogen-bond acceptors (Lipinski definition) is 1. The molecule has 0 radical (unpaired) electrons. The minimum Gasteiger partial charge on any atom is -0.456 e. The van der Waals surface area contributed by atoms with Crippen molar-refractivity contribution in [2.24, 2.45) is 0 Å². The summed E-state index contributed by atoms with van der Waals surface area (Å²) in [6.07, 6.45) is 0. The van der Waals surface area contributed by atoms with Gasteiger partial charge in [0.2, 0.25) is 0 Å². The van der Waals surface area contributed by atoms with Gasteiger partial charge in [-0.15, -0.1) is 0 Å². The standard InChI is InChI=1S/C46H28O/c1-2-9-29(10-3-1)33-25-34(32-18-17-31-20-24-45-46(43(31)28-32)42-13-6-7-16-44(42)47-45)27-35(26-33)37-14-8-15-38-40(37)23-22-39-36-12-5-4-11-30(36)19-21-41(38)39/h1-28H. The van der Waals surface area contributed by atoms with Crippen molar-refractivity contribution in [2.75, 3.05) is 0 Å². The summed E-state index contributed by atoms with van der Waals surface area (Å²) >= 11 is 0. The first-order valence-corrected chi connectivity index (χ1v) is 16.2. The fraction of sp³-hybridized carbons (Fsp3) is 0. The van der Waals surface area contributed by atoms with Gasteiger partial charge in [0.1, 0.15) is 11.2 Å². The molecule has 0 bridgehead atoms. The average molecular weight is 597 g/mol. The van der Waals surface area contributed by atoms with Crippen LogP contribution in [0.4, 0.5) is 0 Å². The first-order valence-electron chi connectivity index (χ1n) is 16.2. The maximum Gasteiger partial charge on any atom is 0.136 e. The van der Waals surface area contributed by atoms with Gasteiger partial charge in [-0.25, -0.2) is 0 Å². The molecule has 0 saturated carbocycles. The van der Waals surface area contributed by atoms with E-state index in [2.05, 4.69) is 164 Å². The zero-order valence-electron chi connectivity index (χ0n) is 25.6. The zero-order valence-corrected chi connectivity index (χ0v) is 25.6. The van der Waals surface area contributed by atoms with E-state index in [9.17, 15) is 0 Å². The van der Waals surface area contributed by atoms with Crippen LogP contribution in [0.25, 0.3) is 98.4 Å². The Morgan fingerprint density at radius 1 is 0.277 bits per heavy atom. The molecule has 1 heteroatoms. The Morgan fingerprint density at radius 3 is 1.81 bits per heavy atom. The molecular weight excluding hydrogens is 569 g/mol. The van der Waals surface area contributed by atoms with Gasteiger partial charge in [0.05, 0.1) is 0 Å². The molecule has 0 unspecified atom stereocenters. The van der Waals surface area contributed by atoms with Gasteiger partial charge in [-0.3, -0.25) is 0 Å². The highest BCUT2D eigenvalue weighted by Crippen LogP contribution is 2.41. The van der Waals surface area contributed by atoms with Gasteiger partial charge in [-0.05, 0) is 113 Å². The molecule has 0 spiro atoms. The largest absolute Gasteiger partial charge is 0.456 e. The van der Waals surface area contributed by atoms with Gasteiger partial charge >= 0.3 is 0 Å². The highest BCUT2D eigenvalue weighted by Gasteiger charge is 2.14.